The lowest BCUT2D eigenvalue weighted by atomic mass is 10.3. The maximum absolute atomic E-state index is 5.30. The van der Waals surface area contributed by atoms with Gasteiger partial charge < -0.3 is 15.0 Å². The van der Waals surface area contributed by atoms with Gasteiger partial charge in [0.05, 0.1) is 19.6 Å². The Morgan fingerprint density at radius 3 is 2.67 bits per heavy atom. The van der Waals surface area contributed by atoms with Crippen molar-refractivity contribution in [3.05, 3.63) is 30.3 Å². The molecule has 1 aliphatic heterocycles. The quantitative estimate of drug-likeness (QED) is 0.634. The van der Waals surface area contributed by atoms with Crippen LogP contribution in [-0.2, 0) is 4.74 Å². The molecular weight excluding hydrogens is 228 g/mol. The van der Waals surface area contributed by atoms with E-state index in [1.165, 1.54) is 0 Å². The molecule has 1 aromatic carbocycles. The van der Waals surface area contributed by atoms with Crippen molar-refractivity contribution < 1.29 is 4.74 Å². The van der Waals surface area contributed by atoms with E-state index in [-0.39, 0.29) is 0 Å². The second-order valence-electron chi connectivity index (χ2n) is 3.89. The minimum Gasteiger partial charge on any atom is -0.378 e. The predicted molar refractivity (Wildman–Crippen MR) is 74.3 cm³/mol. The number of benzene rings is 1. The average Bonchev–Trinajstić information content (AvgIpc) is 2.46. The Balaban J connectivity index is 1.90. The molecule has 1 aromatic rings. The number of guanidine groups is 1. The SMILES string of the molecule is CN=C(N=CNc1ccccc1)N1CCOCC1. The molecule has 5 heteroatoms. The van der Waals surface area contributed by atoms with Crippen LogP contribution in [0.25, 0.3) is 0 Å². The van der Waals surface area contributed by atoms with Crippen LogP contribution in [0.5, 0.6) is 0 Å². The molecule has 1 heterocycles. The van der Waals surface area contributed by atoms with Crippen molar-refractivity contribution in [2.24, 2.45) is 9.98 Å². The lowest BCUT2D eigenvalue weighted by molar-refractivity contribution is 0.0676. The van der Waals surface area contributed by atoms with Gasteiger partial charge in [-0.05, 0) is 12.1 Å². The van der Waals surface area contributed by atoms with Crippen LogP contribution in [0.2, 0.25) is 0 Å². The van der Waals surface area contributed by atoms with E-state index in [1.807, 2.05) is 30.3 Å². The zero-order valence-corrected chi connectivity index (χ0v) is 10.5. The van der Waals surface area contributed by atoms with Gasteiger partial charge in [-0.2, -0.15) is 0 Å². The van der Waals surface area contributed by atoms with Crippen molar-refractivity contribution in [1.29, 1.82) is 0 Å². The molecule has 0 saturated carbocycles. The molecule has 1 saturated heterocycles. The van der Waals surface area contributed by atoms with E-state index < -0.39 is 0 Å². The third-order valence-electron chi connectivity index (χ3n) is 2.68. The van der Waals surface area contributed by atoms with E-state index in [0.29, 0.717) is 0 Å². The molecule has 5 nitrogen and oxygen atoms in total. The van der Waals surface area contributed by atoms with Crippen molar-refractivity contribution in [2.75, 3.05) is 38.7 Å². The van der Waals surface area contributed by atoms with Gasteiger partial charge in [-0.25, -0.2) is 4.99 Å². The molecule has 18 heavy (non-hydrogen) atoms. The van der Waals surface area contributed by atoms with Crippen LogP contribution in [0.4, 0.5) is 5.69 Å². The summed E-state index contributed by atoms with van der Waals surface area (Å²) in [6.07, 6.45) is 1.67. The molecule has 1 aliphatic rings. The summed E-state index contributed by atoms with van der Waals surface area (Å²) in [6.45, 7) is 3.16. The topological polar surface area (TPSA) is 49.2 Å². The summed E-state index contributed by atoms with van der Waals surface area (Å²) in [6, 6.07) is 9.92. The minimum absolute atomic E-state index is 0.737. The summed E-state index contributed by atoms with van der Waals surface area (Å²) >= 11 is 0. The molecule has 0 bridgehead atoms. The summed E-state index contributed by atoms with van der Waals surface area (Å²) in [7, 11) is 1.75. The standard InChI is InChI=1S/C13H18N4O/c1-14-13(17-7-9-18-10-8-17)16-11-15-12-5-3-2-4-6-12/h2-6,11H,7-10H2,1H3,(H,14,15,16). The van der Waals surface area contributed by atoms with E-state index >= 15 is 0 Å². The summed E-state index contributed by atoms with van der Waals surface area (Å²) < 4.78 is 5.30. The third kappa shape index (κ3) is 3.56. The zero-order chi connectivity index (χ0) is 12.6. The van der Waals surface area contributed by atoms with Crippen molar-refractivity contribution in [2.45, 2.75) is 0 Å². The van der Waals surface area contributed by atoms with Gasteiger partial charge in [-0.1, -0.05) is 18.2 Å². The largest absolute Gasteiger partial charge is 0.378 e. The molecular formula is C13H18N4O. The van der Waals surface area contributed by atoms with Gasteiger partial charge in [0.15, 0.2) is 0 Å². The van der Waals surface area contributed by atoms with Crippen molar-refractivity contribution in [3.8, 4) is 0 Å². The zero-order valence-electron chi connectivity index (χ0n) is 10.5. The van der Waals surface area contributed by atoms with Gasteiger partial charge in [-0.15, -0.1) is 0 Å². The first kappa shape index (κ1) is 12.6. The molecule has 0 atom stereocenters. The van der Waals surface area contributed by atoms with E-state index in [1.54, 1.807) is 13.4 Å². The summed E-state index contributed by atoms with van der Waals surface area (Å²) in [5.41, 5.74) is 1.01. The van der Waals surface area contributed by atoms with Crippen LogP contribution in [0.1, 0.15) is 0 Å². The van der Waals surface area contributed by atoms with Crippen molar-refractivity contribution >= 4 is 18.0 Å². The first-order chi connectivity index (χ1) is 8.90. The number of hydrogen-bond donors (Lipinski definition) is 1. The lowest BCUT2D eigenvalue weighted by Gasteiger charge is -2.27. The van der Waals surface area contributed by atoms with Gasteiger partial charge in [0.25, 0.3) is 0 Å². The molecule has 0 aliphatic carbocycles. The first-order valence-electron chi connectivity index (χ1n) is 6.04. The molecule has 1 fully saturated rings. The fraction of sp³-hybridized carbons (Fsp3) is 0.385. The monoisotopic (exact) mass is 246 g/mol. The van der Waals surface area contributed by atoms with Crippen LogP contribution in [0.3, 0.4) is 0 Å². The van der Waals surface area contributed by atoms with Crippen LogP contribution in [0, 0.1) is 0 Å². The Kier molecular flexibility index (Phi) is 4.72. The molecule has 0 amide bonds. The highest BCUT2D eigenvalue weighted by atomic mass is 16.5. The molecule has 0 radical (unpaired) electrons. The number of nitrogens with zero attached hydrogens (tertiary/aromatic N) is 3. The van der Waals surface area contributed by atoms with Crippen molar-refractivity contribution in [1.82, 2.24) is 4.90 Å². The maximum Gasteiger partial charge on any atom is 0.221 e. The second-order valence-corrected chi connectivity index (χ2v) is 3.89. The molecule has 1 N–H and O–H groups in total. The lowest BCUT2D eigenvalue weighted by Crippen LogP contribution is -2.40. The molecule has 96 valence electrons. The number of para-hydroxylation sites is 1. The Hall–Kier alpha value is -1.88. The molecule has 0 aromatic heterocycles. The third-order valence-corrected chi connectivity index (χ3v) is 2.68. The molecule has 0 spiro atoms. The fourth-order valence-corrected chi connectivity index (χ4v) is 1.74. The van der Waals surface area contributed by atoms with Gasteiger partial charge in [0.1, 0.15) is 0 Å². The highest BCUT2D eigenvalue weighted by molar-refractivity contribution is 5.91. The number of nitrogens with one attached hydrogen (secondary N) is 1. The van der Waals surface area contributed by atoms with Crippen LogP contribution < -0.4 is 5.32 Å². The Morgan fingerprint density at radius 1 is 1.28 bits per heavy atom. The van der Waals surface area contributed by atoms with E-state index in [2.05, 4.69) is 20.2 Å². The Labute approximate surface area is 107 Å². The maximum atomic E-state index is 5.30. The van der Waals surface area contributed by atoms with E-state index in [9.17, 15) is 0 Å². The number of anilines is 1. The van der Waals surface area contributed by atoms with Gasteiger partial charge in [0.2, 0.25) is 5.96 Å². The van der Waals surface area contributed by atoms with E-state index in [4.69, 9.17) is 4.74 Å². The Morgan fingerprint density at radius 2 is 2.00 bits per heavy atom. The van der Waals surface area contributed by atoms with Crippen LogP contribution in [0.15, 0.2) is 40.3 Å². The number of hydrogen-bond acceptors (Lipinski definition) is 2. The molecule has 2 rings (SSSR count). The van der Waals surface area contributed by atoms with Crippen molar-refractivity contribution in [3.63, 3.8) is 0 Å². The minimum atomic E-state index is 0.737. The number of ether oxygens (including phenoxy) is 1. The van der Waals surface area contributed by atoms with Gasteiger partial charge in [-0.3, -0.25) is 4.99 Å². The fourth-order valence-electron chi connectivity index (χ4n) is 1.74. The smallest absolute Gasteiger partial charge is 0.221 e. The van der Waals surface area contributed by atoms with Crippen LogP contribution in [-0.4, -0.2) is 50.5 Å². The predicted octanol–water partition coefficient (Wildman–Crippen LogP) is 1.44. The van der Waals surface area contributed by atoms with Gasteiger partial charge >= 0.3 is 0 Å². The number of rotatable bonds is 2. The molecule has 0 unspecified atom stereocenters. The average molecular weight is 246 g/mol. The van der Waals surface area contributed by atoms with E-state index in [0.717, 1.165) is 38.0 Å². The summed E-state index contributed by atoms with van der Waals surface area (Å²) in [5.74, 6) is 0.738. The Bertz CT molecular complexity index is 410. The number of aliphatic imine (C=N–C) groups is 2. The second kappa shape index (κ2) is 6.76. The number of morpholine rings is 1. The summed E-state index contributed by atoms with van der Waals surface area (Å²) in [4.78, 5) is 10.7. The highest BCUT2D eigenvalue weighted by Crippen LogP contribution is 2.03. The van der Waals surface area contributed by atoms with Gasteiger partial charge in [0, 0.05) is 25.8 Å². The highest BCUT2D eigenvalue weighted by Gasteiger charge is 2.13. The van der Waals surface area contributed by atoms with Crippen LogP contribution >= 0.6 is 0 Å². The first-order valence-corrected chi connectivity index (χ1v) is 6.04. The normalized spacial score (nSPS) is 17.2. The summed E-state index contributed by atoms with van der Waals surface area (Å²) in [5, 5.41) is 3.12.